The minimum atomic E-state index is 0.516. The molecule has 2 aromatic heterocycles. The Balaban J connectivity index is 1.56. The molecule has 3 rings (SSSR count). The molecule has 1 fully saturated rings. The maximum atomic E-state index is 4.00. The second-order valence-electron chi connectivity index (χ2n) is 3.56. The van der Waals surface area contributed by atoms with E-state index in [9.17, 15) is 0 Å². The molecular weight excluding hydrogens is 228 g/mol. The molecule has 0 amide bonds. The van der Waals surface area contributed by atoms with E-state index in [4.69, 9.17) is 0 Å². The van der Waals surface area contributed by atoms with Gasteiger partial charge in [0.2, 0.25) is 5.16 Å². The molecule has 1 saturated carbocycles. The standard InChI is InChI=1S/C7H10N8S/c1-2-5(1)15-7(10-13-14-15)16-4-3-6-8-11-12-9-6/h5H,1-4H2,(H,8,9,11,12). The molecule has 2 heterocycles. The van der Waals surface area contributed by atoms with Gasteiger partial charge in [-0.2, -0.15) is 5.21 Å². The van der Waals surface area contributed by atoms with Crippen LogP contribution in [-0.2, 0) is 6.42 Å². The van der Waals surface area contributed by atoms with E-state index in [0.29, 0.717) is 6.04 Å². The van der Waals surface area contributed by atoms with Crippen LogP contribution in [0.15, 0.2) is 5.16 Å². The smallest absolute Gasteiger partial charge is 0.209 e. The number of nitrogens with zero attached hydrogens (tertiary/aromatic N) is 7. The fourth-order valence-corrected chi connectivity index (χ4v) is 2.23. The van der Waals surface area contributed by atoms with E-state index >= 15 is 0 Å². The fourth-order valence-electron chi connectivity index (χ4n) is 1.35. The van der Waals surface area contributed by atoms with Gasteiger partial charge >= 0.3 is 0 Å². The van der Waals surface area contributed by atoms with Crippen molar-refractivity contribution in [2.24, 2.45) is 0 Å². The van der Waals surface area contributed by atoms with E-state index in [1.807, 2.05) is 4.68 Å². The summed E-state index contributed by atoms with van der Waals surface area (Å²) in [4.78, 5) is 0. The summed E-state index contributed by atoms with van der Waals surface area (Å²) in [6, 6.07) is 0.516. The molecule has 0 bridgehead atoms. The van der Waals surface area contributed by atoms with Gasteiger partial charge in [0.05, 0.1) is 6.04 Å². The minimum Gasteiger partial charge on any atom is -0.217 e. The van der Waals surface area contributed by atoms with Gasteiger partial charge in [-0.3, -0.25) is 0 Å². The first-order chi connectivity index (χ1) is 7.93. The Bertz CT molecular complexity index is 447. The third-order valence-corrected chi connectivity index (χ3v) is 3.24. The summed E-state index contributed by atoms with van der Waals surface area (Å²) in [5.41, 5.74) is 0. The Morgan fingerprint density at radius 3 is 3.06 bits per heavy atom. The highest BCUT2D eigenvalue weighted by molar-refractivity contribution is 7.99. The third kappa shape index (κ3) is 2.03. The lowest BCUT2D eigenvalue weighted by Crippen LogP contribution is -2.00. The van der Waals surface area contributed by atoms with Crippen LogP contribution >= 0.6 is 11.8 Å². The van der Waals surface area contributed by atoms with Crippen molar-refractivity contribution < 1.29 is 0 Å². The molecule has 0 aromatic carbocycles. The van der Waals surface area contributed by atoms with E-state index in [0.717, 1.165) is 23.2 Å². The fraction of sp³-hybridized carbons (Fsp3) is 0.714. The van der Waals surface area contributed by atoms with E-state index in [1.165, 1.54) is 12.8 Å². The SMILES string of the molecule is C(Cc1nn[nH]n1)Sc1nnnn1C1CC1. The molecule has 16 heavy (non-hydrogen) atoms. The van der Waals surface area contributed by atoms with Gasteiger partial charge in [0.1, 0.15) is 0 Å². The van der Waals surface area contributed by atoms with Crippen molar-refractivity contribution in [1.82, 2.24) is 40.8 Å². The molecule has 9 heteroatoms. The summed E-state index contributed by atoms with van der Waals surface area (Å²) in [6.45, 7) is 0. The first kappa shape index (κ1) is 9.70. The zero-order valence-corrected chi connectivity index (χ0v) is 9.26. The molecule has 0 saturated heterocycles. The number of nitrogens with one attached hydrogen (secondary N) is 1. The Hall–Kier alpha value is -1.51. The number of rotatable bonds is 5. The molecule has 1 aliphatic rings. The van der Waals surface area contributed by atoms with Crippen LogP contribution in [0.25, 0.3) is 0 Å². The molecule has 0 aliphatic heterocycles. The topological polar surface area (TPSA) is 98.1 Å². The van der Waals surface area contributed by atoms with Gasteiger partial charge in [0.25, 0.3) is 0 Å². The van der Waals surface area contributed by atoms with Gasteiger partial charge in [-0.05, 0) is 23.3 Å². The number of thioether (sulfide) groups is 1. The first-order valence-electron chi connectivity index (χ1n) is 5.06. The summed E-state index contributed by atoms with van der Waals surface area (Å²) in [7, 11) is 0. The quantitative estimate of drug-likeness (QED) is 0.723. The molecule has 0 spiro atoms. The van der Waals surface area contributed by atoms with Crippen LogP contribution in [0.5, 0.6) is 0 Å². The van der Waals surface area contributed by atoms with Crippen LogP contribution in [0.3, 0.4) is 0 Å². The van der Waals surface area contributed by atoms with Crippen molar-refractivity contribution in [3.8, 4) is 0 Å². The predicted octanol–water partition coefficient (Wildman–Crippen LogP) is -0.144. The molecular formula is C7H10N8S. The number of H-pyrrole nitrogens is 1. The highest BCUT2D eigenvalue weighted by atomic mass is 32.2. The molecule has 0 radical (unpaired) electrons. The molecule has 84 valence electrons. The lowest BCUT2D eigenvalue weighted by atomic mass is 10.5. The highest BCUT2D eigenvalue weighted by Crippen LogP contribution is 2.36. The monoisotopic (exact) mass is 238 g/mol. The average Bonchev–Trinajstić information content (AvgIpc) is 2.82. The number of hydrogen-bond acceptors (Lipinski definition) is 7. The third-order valence-electron chi connectivity index (χ3n) is 2.30. The van der Waals surface area contributed by atoms with Crippen molar-refractivity contribution in [3.63, 3.8) is 0 Å². The van der Waals surface area contributed by atoms with Crippen LogP contribution in [0, 0.1) is 0 Å². The van der Waals surface area contributed by atoms with Crippen LogP contribution in [0.4, 0.5) is 0 Å². The van der Waals surface area contributed by atoms with Crippen molar-refractivity contribution in [1.29, 1.82) is 0 Å². The van der Waals surface area contributed by atoms with Crippen molar-refractivity contribution in [2.75, 3.05) is 5.75 Å². The number of tetrazole rings is 2. The minimum absolute atomic E-state index is 0.516. The molecule has 1 N–H and O–H groups in total. The first-order valence-corrected chi connectivity index (χ1v) is 6.05. The predicted molar refractivity (Wildman–Crippen MR) is 54.7 cm³/mol. The molecule has 0 unspecified atom stereocenters. The maximum absolute atomic E-state index is 4.00. The van der Waals surface area contributed by atoms with E-state index < -0.39 is 0 Å². The zero-order chi connectivity index (χ0) is 10.8. The van der Waals surface area contributed by atoms with E-state index in [1.54, 1.807) is 11.8 Å². The van der Waals surface area contributed by atoms with E-state index in [-0.39, 0.29) is 0 Å². The van der Waals surface area contributed by atoms with Crippen molar-refractivity contribution in [3.05, 3.63) is 5.82 Å². The second kappa shape index (κ2) is 4.16. The van der Waals surface area contributed by atoms with Crippen molar-refractivity contribution in [2.45, 2.75) is 30.5 Å². The van der Waals surface area contributed by atoms with Crippen LogP contribution in [-0.4, -0.2) is 46.6 Å². The molecule has 1 aliphatic carbocycles. The number of aromatic amines is 1. The number of aromatic nitrogens is 8. The van der Waals surface area contributed by atoms with Gasteiger partial charge in [0.15, 0.2) is 5.82 Å². The average molecular weight is 238 g/mol. The Kier molecular flexibility index (Phi) is 2.52. The second-order valence-corrected chi connectivity index (χ2v) is 4.63. The maximum Gasteiger partial charge on any atom is 0.209 e. The summed E-state index contributed by atoms with van der Waals surface area (Å²) < 4.78 is 1.90. The van der Waals surface area contributed by atoms with Gasteiger partial charge in [-0.1, -0.05) is 17.0 Å². The Labute approximate surface area is 95.2 Å². The van der Waals surface area contributed by atoms with Gasteiger partial charge in [-0.25, -0.2) is 4.68 Å². The summed E-state index contributed by atoms with van der Waals surface area (Å²) >= 11 is 1.63. The number of hydrogen-bond donors (Lipinski definition) is 1. The van der Waals surface area contributed by atoms with Crippen LogP contribution in [0.2, 0.25) is 0 Å². The largest absolute Gasteiger partial charge is 0.217 e. The highest BCUT2D eigenvalue weighted by Gasteiger charge is 2.27. The summed E-state index contributed by atoms with van der Waals surface area (Å²) in [6.07, 6.45) is 3.13. The lowest BCUT2D eigenvalue weighted by Gasteiger charge is -1.99. The van der Waals surface area contributed by atoms with Crippen LogP contribution in [0.1, 0.15) is 24.7 Å². The van der Waals surface area contributed by atoms with Gasteiger partial charge in [0, 0.05) is 12.2 Å². The Morgan fingerprint density at radius 2 is 2.31 bits per heavy atom. The normalized spacial score (nSPS) is 15.5. The molecule has 0 atom stereocenters. The van der Waals surface area contributed by atoms with Gasteiger partial charge < -0.3 is 0 Å². The molecule has 8 nitrogen and oxygen atoms in total. The Morgan fingerprint density at radius 1 is 1.38 bits per heavy atom. The lowest BCUT2D eigenvalue weighted by molar-refractivity contribution is 0.565. The zero-order valence-electron chi connectivity index (χ0n) is 8.44. The van der Waals surface area contributed by atoms with Gasteiger partial charge in [-0.15, -0.1) is 15.3 Å². The molecule has 2 aromatic rings. The van der Waals surface area contributed by atoms with Crippen molar-refractivity contribution >= 4 is 11.8 Å². The summed E-state index contributed by atoms with van der Waals surface area (Å²) in [5.74, 6) is 1.57. The summed E-state index contributed by atoms with van der Waals surface area (Å²) in [5, 5.41) is 26.2. The van der Waals surface area contributed by atoms with E-state index in [2.05, 4.69) is 36.1 Å². The number of aryl methyl sites for hydroxylation is 1. The van der Waals surface area contributed by atoms with Crippen LogP contribution < -0.4 is 0 Å².